The van der Waals surface area contributed by atoms with Gasteiger partial charge in [0.1, 0.15) is 5.76 Å². The van der Waals surface area contributed by atoms with E-state index in [4.69, 9.17) is 8.83 Å². The highest BCUT2D eigenvalue weighted by atomic mass is 16.6. The highest BCUT2D eigenvalue weighted by molar-refractivity contribution is 6.03. The summed E-state index contributed by atoms with van der Waals surface area (Å²) in [7, 11) is 0. The molecule has 1 N–H and O–H groups in total. The van der Waals surface area contributed by atoms with Crippen molar-refractivity contribution in [3.63, 3.8) is 0 Å². The van der Waals surface area contributed by atoms with Crippen LogP contribution in [-0.2, 0) is 0 Å². The Labute approximate surface area is 186 Å². The number of non-ortho nitro benzene ring substituents is 1. The van der Waals surface area contributed by atoms with Gasteiger partial charge in [0.05, 0.1) is 4.92 Å². The molecular formula is C24H16N4O5. The average Bonchev–Trinajstić information content (AvgIpc) is 3.48. The van der Waals surface area contributed by atoms with E-state index in [9.17, 15) is 14.9 Å². The van der Waals surface area contributed by atoms with Crippen LogP contribution in [0.2, 0.25) is 0 Å². The molecule has 0 saturated carbocycles. The molecule has 2 aromatic carbocycles. The number of anilines is 1. The Hall–Kier alpha value is -4.79. The summed E-state index contributed by atoms with van der Waals surface area (Å²) in [6.45, 7) is 1.86. The molecule has 5 aromatic rings. The van der Waals surface area contributed by atoms with Crippen LogP contribution in [0, 0.1) is 17.0 Å². The van der Waals surface area contributed by atoms with Crippen LogP contribution in [0.5, 0.6) is 0 Å². The van der Waals surface area contributed by atoms with Gasteiger partial charge in [-0.15, -0.1) is 0 Å². The highest BCUT2D eigenvalue weighted by Gasteiger charge is 2.16. The summed E-state index contributed by atoms with van der Waals surface area (Å²) < 4.78 is 11.4. The van der Waals surface area contributed by atoms with Gasteiger partial charge >= 0.3 is 0 Å². The molecule has 9 heteroatoms. The number of aromatic nitrogens is 2. The van der Waals surface area contributed by atoms with Crippen LogP contribution in [0.4, 0.5) is 11.4 Å². The molecule has 0 bridgehead atoms. The van der Waals surface area contributed by atoms with E-state index >= 15 is 0 Å². The predicted molar refractivity (Wildman–Crippen MR) is 121 cm³/mol. The van der Waals surface area contributed by atoms with Crippen molar-refractivity contribution in [2.45, 2.75) is 6.92 Å². The maximum absolute atomic E-state index is 12.7. The van der Waals surface area contributed by atoms with Gasteiger partial charge in [-0.25, -0.2) is 4.98 Å². The van der Waals surface area contributed by atoms with Gasteiger partial charge in [0.2, 0.25) is 5.89 Å². The SMILES string of the molecule is Cc1cc(-c2nc3ncccc3o2)ccc1NC(=O)c1ccc(-c2cccc([N+](=O)[O-])c2)o1. The van der Waals surface area contributed by atoms with E-state index in [2.05, 4.69) is 15.3 Å². The zero-order valence-corrected chi connectivity index (χ0v) is 17.3. The number of fused-ring (bicyclic) bond motifs is 1. The van der Waals surface area contributed by atoms with Crippen molar-refractivity contribution in [2.24, 2.45) is 0 Å². The molecule has 1 amide bonds. The zero-order valence-electron chi connectivity index (χ0n) is 17.3. The summed E-state index contributed by atoms with van der Waals surface area (Å²) >= 11 is 0. The van der Waals surface area contributed by atoms with E-state index in [0.717, 1.165) is 11.1 Å². The van der Waals surface area contributed by atoms with Gasteiger partial charge in [0, 0.05) is 35.1 Å². The Balaban J connectivity index is 1.35. The van der Waals surface area contributed by atoms with Gasteiger partial charge in [-0.3, -0.25) is 14.9 Å². The Morgan fingerprint density at radius 3 is 2.67 bits per heavy atom. The third-order valence-electron chi connectivity index (χ3n) is 5.06. The summed E-state index contributed by atoms with van der Waals surface area (Å²) in [5, 5.41) is 13.8. The van der Waals surface area contributed by atoms with E-state index in [-0.39, 0.29) is 11.4 Å². The maximum atomic E-state index is 12.7. The number of hydrogen-bond acceptors (Lipinski definition) is 7. The van der Waals surface area contributed by atoms with Crippen LogP contribution in [0.1, 0.15) is 16.1 Å². The van der Waals surface area contributed by atoms with Gasteiger partial charge in [-0.2, -0.15) is 4.98 Å². The number of nitrogens with zero attached hydrogens (tertiary/aromatic N) is 3. The fraction of sp³-hybridized carbons (Fsp3) is 0.0417. The number of amides is 1. The first-order valence-corrected chi connectivity index (χ1v) is 9.96. The lowest BCUT2D eigenvalue weighted by Crippen LogP contribution is -2.11. The van der Waals surface area contributed by atoms with Crippen LogP contribution < -0.4 is 5.32 Å². The quantitative estimate of drug-likeness (QED) is 0.278. The molecule has 0 aliphatic rings. The Bertz CT molecular complexity index is 1490. The second kappa shape index (κ2) is 8.04. The molecule has 0 spiro atoms. The number of nitro benzene ring substituents is 1. The molecule has 0 atom stereocenters. The number of hydrogen-bond donors (Lipinski definition) is 1. The van der Waals surface area contributed by atoms with Crippen molar-refractivity contribution in [1.29, 1.82) is 0 Å². The number of oxazole rings is 1. The molecule has 9 nitrogen and oxygen atoms in total. The number of pyridine rings is 1. The van der Waals surface area contributed by atoms with Gasteiger partial charge in [0.25, 0.3) is 11.6 Å². The molecule has 0 saturated heterocycles. The monoisotopic (exact) mass is 440 g/mol. The third-order valence-corrected chi connectivity index (χ3v) is 5.06. The number of aryl methyl sites for hydroxylation is 1. The first-order chi connectivity index (χ1) is 16.0. The van der Waals surface area contributed by atoms with Crippen molar-refractivity contribution in [2.75, 3.05) is 5.32 Å². The second-order valence-corrected chi connectivity index (χ2v) is 7.30. The summed E-state index contributed by atoms with van der Waals surface area (Å²) in [5.74, 6) is 0.455. The summed E-state index contributed by atoms with van der Waals surface area (Å²) in [6.07, 6.45) is 1.65. The zero-order chi connectivity index (χ0) is 22.9. The summed E-state index contributed by atoms with van der Waals surface area (Å²) in [4.78, 5) is 31.8. The van der Waals surface area contributed by atoms with Gasteiger partial charge in [-0.05, 0) is 55.0 Å². The van der Waals surface area contributed by atoms with E-state index in [1.165, 1.54) is 18.2 Å². The normalized spacial score (nSPS) is 10.9. The highest BCUT2D eigenvalue weighted by Crippen LogP contribution is 2.28. The molecule has 0 radical (unpaired) electrons. The minimum absolute atomic E-state index is 0.0552. The number of nitrogens with one attached hydrogen (secondary N) is 1. The standard InChI is InChI=1S/C24H16N4O5/c1-14-12-16(24-27-22-20(33-24)6-3-11-25-22)7-8-18(14)26-23(29)21-10-9-19(32-21)15-4-2-5-17(13-15)28(30)31/h2-13H,1H3,(H,26,29). The van der Waals surface area contributed by atoms with Crippen molar-refractivity contribution in [3.8, 4) is 22.8 Å². The van der Waals surface area contributed by atoms with Crippen molar-refractivity contribution in [3.05, 3.63) is 94.4 Å². The van der Waals surface area contributed by atoms with E-state index in [0.29, 0.717) is 34.1 Å². The van der Waals surface area contributed by atoms with Crippen molar-refractivity contribution >= 4 is 28.5 Å². The number of rotatable bonds is 5. The largest absolute Gasteiger partial charge is 0.451 e. The number of benzene rings is 2. The number of furan rings is 1. The topological polar surface area (TPSA) is 124 Å². The van der Waals surface area contributed by atoms with Crippen LogP contribution in [0.15, 0.2) is 81.8 Å². The summed E-state index contributed by atoms with van der Waals surface area (Å²) in [5.41, 5.74) is 3.75. The first-order valence-electron chi connectivity index (χ1n) is 9.96. The van der Waals surface area contributed by atoms with Crippen LogP contribution in [0.25, 0.3) is 34.0 Å². The Morgan fingerprint density at radius 1 is 1.00 bits per heavy atom. The van der Waals surface area contributed by atoms with Gasteiger partial charge < -0.3 is 14.2 Å². The molecule has 0 unspecified atom stereocenters. The molecule has 0 aliphatic heterocycles. The molecule has 3 heterocycles. The fourth-order valence-corrected chi connectivity index (χ4v) is 3.40. The molecule has 0 fully saturated rings. The number of nitro groups is 1. The summed E-state index contributed by atoms with van der Waals surface area (Å²) in [6, 6.07) is 18.1. The maximum Gasteiger partial charge on any atom is 0.291 e. The lowest BCUT2D eigenvalue weighted by atomic mass is 10.1. The Kier molecular flexibility index (Phi) is 4.91. The van der Waals surface area contributed by atoms with E-state index in [1.54, 1.807) is 48.7 Å². The van der Waals surface area contributed by atoms with Crippen LogP contribution >= 0.6 is 0 Å². The first kappa shape index (κ1) is 20.1. The number of carbonyl (C=O) groups excluding carboxylic acids is 1. The van der Waals surface area contributed by atoms with Crippen molar-refractivity contribution in [1.82, 2.24) is 9.97 Å². The van der Waals surface area contributed by atoms with Gasteiger partial charge in [-0.1, -0.05) is 12.1 Å². The molecule has 162 valence electrons. The lowest BCUT2D eigenvalue weighted by molar-refractivity contribution is -0.384. The Morgan fingerprint density at radius 2 is 1.88 bits per heavy atom. The van der Waals surface area contributed by atoms with E-state index < -0.39 is 10.8 Å². The molecule has 0 aliphatic carbocycles. The number of carbonyl (C=O) groups is 1. The fourth-order valence-electron chi connectivity index (χ4n) is 3.40. The molecular weight excluding hydrogens is 424 g/mol. The van der Waals surface area contributed by atoms with Crippen molar-refractivity contribution < 1.29 is 18.6 Å². The third kappa shape index (κ3) is 3.94. The minimum atomic E-state index is -0.482. The molecule has 5 rings (SSSR count). The molecule has 3 aromatic heterocycles. The smallest absolute Gasteiger partial charge is 0.291 e. The lowest BCUT2D eigenvalue weighted by Gasteiger charge is -2.08. The predicted octanol–water partition coefficient (Wildman–Crippen LogP) is 5.62. The van der Waals surface area contributed by atoms with Gasteiger partial charge in [0.15, 0.2) is 17.0 Å². The van der Waals surface area contributed by atoms with Crippen LogP contribution in [0.3, 0.4) is 0 Å². The second-order valence-electron chi connectivity index (χ2n) is 7.30. The average molecular weight is 440 g/mol. The van der Waals surface area contributed by atoms with Crippen LogP contribution in [-0.4, -0.2) is 20.8 Å². The molecule has 33 heavy (non-hydrogen) atoms. The van der Waals surface area contributed by atoms with E-state index in [1.807, 2.05) is 13.0 Å². The minimum Gasteiger partial charge on any atom is -0.451 e.